The number of halogens is 4. The predicted molar refractivity (Wildman–Crippen MR) is 122 cm³/mol. The van der Waals surface area contributed by atoms with E-state index in [2.05, 4.69) is 5.16 Å². The van der Waals surface area contributed by atoms with Crippen LogP contribution in [0.15, 0.2) is 65.8 Å². The first-order valence-corrected chi connectivity index (χ1v) is 10.5. The van der Waals surface area contributed by atoms with Crippen LogP contribution in [0, 0.1) is 0 Å². The minimum Gasteiger partial charge on any atom is -0.390 e. The Balaban J connectivity index is 1.62. The van der Waals surface area contributed by atoms with Gasteiger partial charge < -0.3 is 9.74 Å². The molecule has 0 N–H and O–H groups in total. The van der Waals surface area contributed by atoms with Crippen LogP contribution in [0.5, 0.6) is 0 Å². The van der Waals surface area contributed by atoms with Gasteiger partial charge in [-0.25, -0.2) is 0 Å². The van der Waals surface area contributed by atoms with Gasteiger partial charge in [-0.15, -0.1) is 0 Å². The second-order valence-electron chi connectivity index (χ2n) is 6.52. The maximum Gasteiger partial charge on any atom is 0.281 e. The molecule has 1 amide bonds. The lowest BCUT2D eigenvalue weighted by Gasteiger charge is -2.18. The Kier molecular flexibility index (Phi) is 6.21. The number of carbonyl (C=O) groups is 1. The number of anilines is 1. The zero-order valence-electron chi connectivity index (χ0n) is 15.4. The van der Waals surface area contributed by atoms with Crippen LogP contribution < -0.4 is 4.90 Å². The van der Waals surface area contributed by atoms with Crippen molar-refractivity contribution in [1.82, 2.24) is 0 Å². The molecule has 0 bridgehead atoms. The molecule has 0 aliphatic carbocycles. The molecule has 4 nitrogen and oxygen atoms in total. The van der Waals surface area contributed by atoms with Gasteiger partial charge in [-0.3, -0.25) is 4.79 Å². The van der Waals surface area contributed by atoms with Crippen LogP contribution in [-0.4, -0.2) is 11.6 Å². The van der Waals surface area contributed by atoms with Crippen LogP contribution in [0.25, 0.3) is 0 Å². The van der Waals surface area contributed by atoms with Gasteiger partial charge in [-0.2, -0.15) is 0 Å². The molecule has 1 aliphatic rings. The van der Waals surface area contributed by atoms with Crippen molar-refractivity contribution in [2.75, 3.05) is 4.90 Å². The van der Waals surface area contributed by atoms with Gasteiger partial charge in [0.25, 0.3) is 5.91 Å². The highest BCUT2D eigenvalue weighted by Crippen LogP contribution is 2.34. The van der Waals surface area contributed by atoms with Gasteiger partial charge in [0, 0.05) is 36.8 Å². The summed E-state index contributed by atoms with van der Waals surface area (Å²) in [5.74, 6) is -0.308. The summed E-state index contributed by atoms with van der Waals surface area (Å²) in [5.41, 5.74) is 2.82. The molecule has 0 saturated heterocycles. The highest BCUT2D eigenvalue weighted by atomic mass is 35.5. The monoisotopic (exact) mass is 478 g/mol. The molecule has 1 heterocycles. The van der Waals surface area contributed by atoms with E-state index in [4.69, 9.17) is 51.2 Å². The summed E-state index contributed by atoms with van der Waals surface area (Å²) in [5, 5.41) is 6.02. The van der Waals surface area contributed by atoms with Crippen molar-refractivity contribution >= 4 is 63.7 Å². The molecule has 152 valence electrons. The number of hydrogen-bond donors (Lipinski definition) is 0. The lowest BCUT2D eigenvalue weighted by Crippen LogP contribution is -2.30. The van der Waals surface area contributed by atoms with Crippen LogP contribution in [0.2, 0.25) is 20.1 Å². The normalized spacial score (nSPS) is 14.3. The van der Waals surface area contributed by atoms with Gasteiger partial charge in [0.2, 0.25) is 0 Å². The Morgan fingerprint density at radius 2 is 1.33 bits per heavy atom. The Morgan fingerprint density at radius 1 is 0.767 bits per heavy atom. The Hall–Kier alpha value is -2.24. The van der Waals surface area contributed by atoms with Crippen molar-refractivity contribution in [3.63, 3.8) is 0 Å². The first-order chi connectivity index (χ1) is 14.5. The smallest absolute Gasteiger partial charge is 0.281 e. The Morgan fingerprint density at radius 3 is 1.97 bits per heavy atom. The summed E-state index contributed by atoms with van der Waals surface area (Å²) in [6, 6.07) is 17.7. The van der Waals surface area contributed by atoms with E-state index in [0.717, 1.165) is 0 Å². The molecule has 30 heavy (non-hydrogen) atoms. The van der Waals surface area contributed by atoms with Crippen LogP contribution in [0.3, 0.4) is 0 Å². The third-order valence-electron chi connectivity index (χ3n) is 4.70. The van der Waals surface area contributed by atoms with Crippen molar-refractivity contribution in [2.45, 2.75) is 13.2 Å². The fourth-order valence-electron chi connectivity index (χ4n) is 3.18. The number of nitrogens with zero attached hydrogens (tertiary/aromatic N) is 2. The van der Waals surface area contributed by atoms with Gasteiger partial charge in [0.15, 0.2) is 5.71 Å². The van der Waals surface area contributed by atoms with Crippen LogP contribution in [-0.2, 0) is 22.8 Å². The van der Waals surface area contributed by atoms with Crippen molar-refractivity contribution in [3.8, 4) is 0 Å². The van der Waals surface area contributed by atoms with Gasteiger partial charge in [-0.1, -0.05) is 81.9 Å². The van der Waals surface area contributed by atoms with Crippen LogP contribution >= 0.6 is 46.4 Å². The van der Waals surface area contributed by atoms with Crippen molar-refractivity contribution in [3.05, 3.63) is 97.4 Å². The second-order valence-corrected chi connectivity index (χ2v) is 8.15. The van der Waals surface area contributed by atoms with E-state index in [1.54, 1.807) is 41.3 Å². The topological polar surface area (TPSA) is 41.9 Å². The molecule has 8 heteroatoms. The highest BCUT2D eigenvalue weighted by molar-refractivity contribution is 6.54. The summed E-state index contributed by atoms with van der Waals surface area (Å²) >= 11 is 24.9. The van der Waals surface area contributed by atoms with E-state index < -0.39 is 0 Å². The standard InChI is InChI=1S/C22H14Cl4N2O2/c23-16-6-3-7-17(24)14(16)11-28-20-10-2-1-5-13(20)21(22(28)29)27-30-12-15-18(25)8-4-9-19(15)26/h1-10H,11-12H2. The molecule has 4 rings (SSSR count). The number of benzene rings is 3. The average molecular weight is 480 g/mol. The van der Waals surface area contributed by atoms with E-state index in [-0.39, 0.29) is 24.8 Å². The molecule has 0 aromatic heterocycles. The molecule has 0 spiro atoms. The van der Waals surface area contributed by atoms with E-state index in [1.165, 1.54) is 0 Å². The second kappa shape index (κ2) is 8.86. The molecule has 0 fully saturated rings. The molecule has 1 aliphatic heterocycles. The highest BCUT2D eigenvalue weighted by Gasteiger charge is 2.35. The summed E-state index contributed by atoms with van der Waals surface area (Å²) in [4.78, 5) is 20.2. The number of amides is 1. The third kappa shape index (κ3) is 4.01. The van der Waals surface area contributed by atoms with Gasteiger partial charge in [-0.05, 0) is 30.3 Å². The number of carbonyl (C=O) groups excluding carboxylic acids is 1. The molecule has 3 aromatic rings. The fourth-order valence-corrected chi connectivity index (χ4v) is 4.20. The zero-order chi connectivity index (χ0) is 21.3. The third-order valence-corrected chi connectivity index (χ3v) is 6.12. The number of hydrogen-bond acceptors (Lipinski definition) is 3. The maximum atomic E-state index is 13.1. The van der Waals surface area contributed by atoms with E-state index in [9.17, 15) is 4.79 Å². The quantitative estimate of drug-likeness (QED) is 0.379. The Bertz CT molecular complexity index is 1120. The van der Waals surface area contributed by atoms with E-state index in [1.807, 2.05) is 24.3 Å². The van der Waals surface area contributed by atoms with Crippen LogP contribution in [0.1, 0.15) is 16.7 Å². The Labute approximate surface area is 193 Å². The molecular formula is C22H14Cl4N2O2. The van der Waals surface area contributed by atoms with Crippen molar-refractivity contribution in [2.24, 2.45) is 5.16 Å². The average Bonchev–Trinajstić information content (AvgIpc) is 2.98. The summed E-state index contributed by atoms with van der Waals surface area (Å²) in [6.45, 7) is 0.248. The van der Waals surface area contributed by atoms with E-state index >= 15 is 0 Å². The number of para-hydroxylation sites is 1. The fraction of sp³-hybridized carbons (Fsp3) is 0.0909. The SMILES string of the molecule is O=C1C(=NOCc2c(Cl)cccc2Cl)c2ccccc2N1Cc1c(Cl)cccc1Cl. The minimum atomic E-state index is -0.308. The lowest BCUT2D eigenvalue weighted by atomic mass is 10.1. The van der Waals surface area contributed by atoms with E-state index in [0.29, 0.717) is 42.5 Å². The molecule has 0 radical (unpaired) electrons. The number of oxime groups is 1. The minimum absolute atomic E-state index is 0.0355. The predicted octanol–water partition coefficient (Wildman–Crippen LogP) is 6.77. The molecule has 0 unspecified atom stereocenters. The summed E-state index contributed by atoms with van der Waals surface area (Å²) in [7, 11) is 0. The van der Waals surface area contributed by atoms with Crippen molar-refractivity contribution < 1.29 is 9.63 Å². The molecular weight excluding hydrogens is 466 g/mol. The first-order valence-electron chi connectivity index (χ1n) is 8.94. The van der Waals surface area contributed by atoms with Crippen molar-refractivity contribution in [1.29, 1.82) is 0 Å². The molecule has 3 aromatic carbocycles. The summed E-state index contributed by atoms with van der Waals surface area (Å²) < 4.78 is 0. The number of rotatable bonds is 5. The zero-order valence-corrected chi connectivity index (χ0v) is 18.4. The molecule has 0 atom stereocenters. The summed E-state index contributed by atoms with van der Waals surface area (Å²) in [6.07, 6.45) is 0. The number of fused-ring (bicyclic) bond motifs is 1. The molecule has 0 saturated carbocycles. The maximum absolute atomic E-state index is 13.1. The van der Waals surface area contributed by atoms with Crippen LogP contribution in [0.4, 0.5) is 5.69 Å². The van der Waals surface area contributed by atoms with Gasteiger partial charge >= 0.3 is 0 Å². The first kappa shape index (κ1) is 21.0. The van der Waals surface area contributed by atoms with Gasteiger partial charge in [0.1, 0.15) is 6.61 Å². The lowest BCUT2D eigenvalue weighted by molar-refractivity contribution is -0.112. The largest absolute Gasteiger partial charge is 0.390 e. The van der Waals surface area contributed by atoms with Gasteiger partial charge in [0.05, 0.1) is 12.2 Å².